The SMILES string of the molecule is CN(Cc1ccc(-c2ccc(Cl)cc2)o1)C(=O)Cn1c(=O)c(C(F)(F)F)nc2ccccc21. The minimum atomic E-state index is -4.94. The minimum absolute atomic E-state index is 0.0291. The third-order valence-corrected chi connectivity index (χ3v) is 5.28. The lowest BCUT2D eigenvalue weighted by atomic mass is 10.2. The van der Waals surface area contributed by atoms with Crippen LogP contribution in [0.2, 0.25) is 5.02 Å². The number of fused-ring (bicyclic) bond motifs is 1. The molecular weight excluding hydrogens is 459 g/mol. The number of hydrogen-bond acceptors (Lipinski definition) is 4. The summed E-state index contributed by atoms with van der Waals surface area (Å²) < 4.78 is 46.5. The van der Waals surface area contributed by atoms with Crippen LogP contribution in [0.3, 0.4) is 0 Å². The van der Waals surface area contributed by atoms with E-state index in [1.54, 1.807) is 42.5 Å². The smallest absolute Gasteiger partial charge is 0.438 e. The molecule has 1 amide bonds. The topological polar surface area (TPSA) is 68.3 Å². The summed E-state index contributed by atoms with van der Waals surface area (Å²) >= 11 is 5.89. The standard InChI is InChI=1S/C23H17ClF3N3O3/c1-29(12-16-10-11-19(33-16)14-6-8-15(24)9-7-14)20(31)13-30-18-5-3-2-4-17(18)28-21(22(30)32)23(25,26)27/h2-11H,12-13H2,1H3. The Labute approximate surface area is 190 Å². The van der Waals surface area contributed by atoms with Crippen LogP contribution in [-0.2, 0) is 24.1 Å². The normalized spacial score (nSPS) is 11.7. The van der Waals surface area contributed by atoms with Crippen LogP contribution in [0.25, 0.3) is 22.4 Å². The summed E-state index contributed by atoms with van der Waals surface area (Å²) in [6, 6.07) is 16.3. The number of para-hydroxylation sites is 2. The number of rotatable bonds is 5. The minimum Gasteiger partial charge on any atom is -0.459 e. The van der Waals surface area contributed by atoms with Crippen LogP contribution in [0.1, 0.15) is 11.5 Å². The summed E-state index contributed by atoms with van der Waals surface area (Å²) in [5.41, 5.74) is -2.02. The van der Waals surface area contributed by atoms with E-state index >= 15 is 0 Å². The van der Waals surface area contributed by atoms with Crippen molar-refractivity contribution in [2.45, 2.75) is 19.3 Å². The number of alkyl halides is 3. The van der Waals surface area contributed by atoms with Crippen molar-refractivity contribution in [2.24, 2.45) is 0 Å². The molecule has 0 unspecified atom stereocenters. The van der Waals surface area contributed by atoms with Gasteiger partial charge in [0.25, 0.3) is 5.56 Å². The molecule has 0 fully saturated rings. The highest BCUT2D eigenvalue weighted by Gasteiger charge is 2.37. The lowest BCUT2D eigenvalue weighted by molar-refractivity contribution is -0.142. The van der Waals surface area contributed by atoms with E-state index in [4.69, 9.17) is 16.0 Å². The average Bonchev–Trinajstić information content (AvgIpc) is 3.23. The summed E-state index contributed by atoms with van der Waals surface area (Å²) in [4.78, 5) is 30.0. The fourth-order valence-electron chi connectivity index (χ4n) is 3.34. The molecule has 0 aliphatic heterocycles. The van der Waals surface area contributed by atoms with Gasteiger partial charge in [0.2, 0.25) is 11.6 Å². The van der Waals surface area contributed by atoms with Gasteiger partial charge in [0.1, 0.15) is 18.1 Å². The molecule has 33 heavy (non-hydrogen) atoms. The summed E-state index contributed by atoms with van der Waals surface area (Å²) in [6.07, 6.45) is -4.94. The van der Waals surface area contributed by atoms with Crippen LogP contribution >= 0.6 is 11.6 Å². The molecule has 10 heteroatoms. The Balaban J connectivity index is 1.57. The van der Waals surface area contributed by atoms with Gasteiger partial charge in [0.15, 0.2) is 0 Å². The van der Waals surface area contributed by atoms with Crippen LogP contribution < -0.4 is 5.56 Å². The molecule has 6 nitrogen and oxygen atoms in total. The maximum atomic E-state index is 13.3. The number of carbonyl (C=O) groups excluding carboxylic acids is 1. The highest BCUT2D eigenvalue weighted by Crippen LogP contribution is 2.27. The van der Waals surface area contributed by atoms with E-state index in [9.17, 15) is 22.8 Å². The summed E-state index contributed by atoms with van der Waals surface area (Å²) in [6.45, 7) is -0.511. The van der Waals surface area contributed by atoms with Gasteiger partial charge in [-0.3, -0.25) is 14.2 Å². The first-order valence-electron chi connectivity index (χ1n) is 9.79. The molecule has 0 aliphatic carbocycles. The number of furan rings is 1. The van der Waals surface area contributed by atoms with Crippen molar-refractivity contribution in [3.63, 3.8) is 0 Å². The van der Waals surface area contributed by atoms with Crippen LogP contribution in [0, 0.1) is 0 Å². The Morgan fingerprint density at radius 2 is 1.79 bits per heavy atom. The molecule has 4 aromatic rings. The van der Waals surface area contributed by atoms with Crippen molar-refractivity contribution in [3.8, 4) is 11.3 Å². The molecule has 2 aromatic carbocycles. The zero-order valence-corrected chi connectivity index (χ0v) is 18.0. The molecule has 0 aliphatic rings. The van der Waals surface area contributed by atoms with Crippen LogP contribution in [0.4, 0.5) is 13.2 Å². The number of aromatic nitrogens is 2. The molecule has 0 atom stereocenters. The van der Waals surface area contributed by atoms with Crippen LogP contribution in [0.15, 0.2) is 69.9 Å². The number of hydrogen-bond donors (Lipinski definition) is 0. The molecule has 4 rings (SSSR count). The molecule has 0 N–H and O–H groups in total. The van der Waals surface area contributed by atoms with Crippen molar-refractivity contribution in [1.29, 1.82) is 0 Å². The van der Waals surface area contributed by atoms with Crippen molar-refractivity contribution >= 4 is 28.5 Å². The molecule has 2 heterocycles. The third kappa shape index (κ3) is 4.78. The Morgan fingerprint density at radius 1 is 1.09 bits per heavy atom. The number of nitrogens with zero attached hydrogens (tertiary/aromatic N) is 3. The lowest BCUT2D eigenvalue weighted by Crippen LogP contribution is -2.37. The number of halogens is 4. The van der Waals surface area contributed by atoms with E-state index in [0.717, 1.165) is 10.1 Å². The maximum absolute atomic E-state index is 13.3. The fourth-order valence-corrected chi connectivity index (χ4v) is 3.47. The molecule has 0 saturated carbocycles. The number of likely N-dealkylation sites (N-methyl/N-ethyl adjacent to an activating group) is 1. The van der Waals surface area contributed by atoms with Gasteiger partial charge in [-0.1, -0.05) is 23.7 Å². The maximum Gasteiger partial charge on any atom is 0.438 e. The Kier molecular flexibility index (Phi) is 5.99. The van der Waals surface area contributed by atoms with Gasteiger partial charge in [-0.15, -0.1) is 0 Å². The molecule has 170 valence electrons. The zero-order valence-electron chi connectivity index (χ0n) is 17.3. The van der Waals surface area contributed by atoms with Gasteiger partial charge in [0.05, 0.1) is 17.6 Å². The second-order valence-electron chi connectivity index (χ2n) is 7.36. The summed E-state index contributed by atoms with van der Waals surface area (Å²) in [7, 11) is 1.48. The second-order valence-corrected chi connectivity index (χ2v) is 7.80. The molecule has 0 spiro atoms. The number of amides is 1. The van der Waals surface area contributed by atoms with E-state index in [-0.39, 0.29) is 17.6 Å². The monoisotopic (exact) mass is 475 g/mol. The third-order valence-electron chi connectivity index (χ3n) is 5.02. The fraction of sp³-hybridized carbons (Fsp3) is 0.174. The van der Waals surface area contributed by atoms with Crippen molar-refractivity contribution < 1.29 is 22.4 Å². The predicted octanol–water partition coefficient (Wildman–Crippen LogP) is 4.99. The molecule has 2 aromatic heterocycles. The Morgan fingerprint density at radius 3 is 2.48 bits per heavy atom. The first kappa shape index (κ1) is 22.6. The first-order chi connectivity index (χ1) is 15.6. The largest absolute Gasteiger partial charge is 0.459 e. The van der Waals surface area contributed by atoms with E-state index < -0.39 is 29.9 Å². The first-order valence-corrected chi connectivity index (χ1v) is 10.2. The molecule has 0 saturated heterocycles. The molecule has 0 radical (unpaired) electrons. The highest BCUT2D eigenvalue weighted by atomic mass is 35.5. The van der Waals surface area contributed by atoms with Gasteiger partial charge in [-0.25, -0.2) is 4.98 Å². The van der Waals surface area contributed by atoms with Gasteiger partial charge in [-0.05, 0) is 48.5 Å². The van der Waals surface area contributed by atoms with E-state index in [1.165, 1.54) is 30.1 Å². The van der Waals surface area contributed by atoms with Crippen LogP contribution in [0.5, 0.6) is 0 Å². The van der Waals surface area contributed by atoms with Gasteiger partial charge >= 0.3 is 6.18 Å². The number of carbonyl (C=O) groups is 1. The lowest BCUT2D eigenvalue weighted by Gasteiger charge is -2.18. The molecule has 0 bridgehead atoms. The van der Waals surface area contributed by atoms with E-state index in [0.29, 0.717) is 16.5 Å². The van der Waals surface area contributed by atoms with Gasteiger partial charge in [-0.2, -0.15) is 13.2 Å². The zero-order chi connectivity index (χ0) is 23.8. The van der Waals surface area contributed by atoms with Gasteiger partial charge in [0, 0.05) is 17.6 Å². The number of benzene rings is 2. The quantitative estimate of drug-likeness (QED) is 0.408. The van der Waals surface area contributed by atoms with Gasteiger partial charge < -0.3 is 9.32 Å². The summed E-state index contributed by atoms with van der Waals surface area (Å²) in [5.74, 6) is 0.485. The predicted molar refractivity (Wildman–Crippen MR) is 117 cm³/mol. The Hall–Kier alpha value is -3.59. The van der Waals surface area contributed by atoms with Crippen LogP contribution in [-0.4, -0.2) is 27.4 Å². The molecular formula is C23H17ClF3N3O3. The second kappa shape index (κ2) is 8.74. The van der Waals surface area contributed by atoms with Crippen molar-refractivity contribution in [2.75, 3.05) is 7.05 Å². The Bertz CT molecular complexity index is 1380. The van der Waals surface area contributed by atoms with E-state index in [2.05, 4.69) is 4.98 Å². The average molecular weight is 476 g/mol. The summed E-state index contributed by atoms with van der Waals surface area (Å²) in [5, 5.41) is 0.586. The van der Waals surface area contributed by atoms with Crippen molar-refractivity contribution in [1.82, 2.24) is 14.5 Å². The van der Waals surface area contributed by atoms with Crippen molar-refractivity contribution in [3.05, 3.63) is 87.5 Å². The van der Waals surface area contributed by atoms with E-state index in [1.807, 2.05) is 0 Å². The highest BCUT2D eigenvalue weighted by molar-refractivity contribution is 6.30.